The van der Waals surface area contributed by atoms with Gasteiger partial charge in [-0.05, 0) is 30.9 Å². The highest BCUT2D eigenvalue weighted by Crippen LogP contribution is 2.29. The molecule has 0 spiro atoms. The minimum atomic E-state index is -0.0761. The summed E-state index contributed by atoms with van der Waals surface area (Å²) in [5, 5.41) is 9.26. The van der Waals surface area contributed by atoms with E-state index in [-0.39, 0.29) is 12.4 Å². The number of hydrogen-bond donors (Lipinski definition) is 1. The van der Waals surface area contributed by atoms with Crippen molar-refractivity contribution in [2.45, 2.75) is 25.7 Å². The number of halogens is 2. The van der Waals surface area contributed by atoms with Crippen LogP contribution in [-0.4, -0.2) is 11.7 Å². The van der Waals surface area contributed by atoms with E-state index < -0.39 is 0 Å². The molecule has 0 saturated heterocycles. The van der Waals surface area contributed by atoms with Gasteiger partial charge in [-0.1, -0.05) is 11.6 Å². The van der Waals surface area contributed by atoms with Crippen LogP contribution in [0, 0.1) is 0 Å². The minimum Gasteiger partial charge on any atom is -0.396 e. The summed E-state index contributed by atoms with van der Waals surface area (Å²) in [7, 11) is 0. The largest absolute Gasteiger partial charge is 0.396 e. The molecule has 0 amide bonds. The molecule has 0 aromatic rings. The molecule has 0 saturated carbocycles. The maximum absolute atomic E-state index is 13.0. The highest BCUT2D eigenvalue weighted by Gasteiger charge is 2.11. The molecule has 12 heavy (non-hydrogen) atoms. The first-order valence-electron chi connectivity index (χ1n) is 4.08. The summed E-state index contributed by atoms with van der Waals surface area (Å²) in [6.45, 7) is 0.0994. The van der Waals surface area contributed by atoms with Crippen molar-refractivity contribution in [2.75, 3.05) is 6.61 Å². The second-order valence-corrected chi connectivity index (χ2v) is 3.33. The third-order valence-electron chi connectivity index (χ3n) is 1.87. The van der Waals surface area contributed by atoms with Crippen molar-refractivity contribution in [3.63, 3.8) is 0 Å². The summed E-state index contributed by atoms with van der Waals surface area (Å²) in [5.41, 5.74) is 0.653. The molecule has 0 bridgehead atoms. The van der Waals surface area contributed by atoms with E-state index in [9.17, 15) is 4.39 Å². The summed E-state index contributed by atoms with van der Waals surface area (Å²) >= 11 is 5.75. The van der Waals surface area contributed by atoms with E-state index in [1.54, 1.807) is 6.08 Å². The molecule has 68 valence electrons. The Morgan fingerprint density at radius 2 is 2.25 bits per heavy atom. The van der Waals surface area contributed by atoms with Crippen LogP contribution in [0.15, 0.2) is 22.5 Å². The van der Waals surface area contributed by atoms with E-state index in [1.165, 1.54) is 0 Å². The predicted octanol–water partition coefficient (Wildman–Crippen LogP) is 2.90. The molecule has 1 nitrogen and oxygen atoms in total. The number of aliphatic hydroxyl groups is 1. The molecule has 0 aromatic carbocycles. The van der Waals surface area contributed by atoms with Crippen molar-refractivity contribution >= 4 is 11.6 Å². The molecule has 0 unspecified atom stereocenters. The summed E-state index contributed by atoms with van der Waals surface area (Å²) in [6.07, 6.45) is 3.88. The van der Waals surface area contributed by atoms with Gasteiger partial charge in [0.1, 0.15) is 5.83 Å². The Morgan fingerprint density at radius 3 is 2.92 bits per heavy atom. The average molecular weight is 191 g/mol. The Balaban J connectivity index is 2.59. The molecule has 1 aliphatic rings. The topological polar surface area (TPSA) is 20.2 Å². The van der Waals surface area contributed by atoms with Gasteiger partial charge >= 0.3 is 0 Å². The Bertz CT molecular complexity index is 221. The summed E-state index contributed by atoms with van der Waals surface area (Å²) in [6, 6.07) is 0. The first kappa shape index (κ1) is 9.75. The van der Waals surface area contributed by atoms with Gasteiger partial charge in [0.15, 0.2) is 0 Å². The van der Waals surface area contributed by atoms with Crippen molar-refractivity contribution in [1.82, 2.24) is 0 Å². The molecule has 0 radical (unpaired) electrons. The molecule has 3 heteroatoms. The molecule has 0 atom stereocenters. The Morgan fingerprint density at radius 1 is 1.50 bits per heavy atom. The highest BCUT2D eigenvalue weighted by molar-refractivity contribution is 6.29. The molecule has 0 heterocycles. The molecule has 1 N–H and O–H groups in total. The fourth-order valence-corrected chi connectivity index (χ4v) is 1.43. The molecule has 0 aromatic heterocycles. The first-order chi connectivity index (χ1) is 5.74. The van der Waals surface area contributed by atoms with Crippen molar-refractivity contribution in [3.8, 4) is 0 Å². The van der Waals surface area contributed by atoms with Gasteiger partial charge in [-0.3, -0.25) is 0 Å². The van der Waals surface area contributed by atoms with Crippen molar-refractivity contribution in [2.24, 2.45) is 0 Å². The zero-order valence-corrected chi connectivity index (χ0v) is 7.57. The lowest BCUT2D eigenvalue weighted by Gasteiger charge is -2.10. The maximum Gasteiger partial charge on any atom is 0.103 e. The third kappa shape index (κ3) is 2.61. The van der Waals surface area contributed by atoms with Gasteiger partial charge < -0.3 is 5.11 Å². The van der Waals surface area contributed by atoms with Crippen LogP contribution in [0.25, 0.3) is 0 Å². The SMILES string of the molecule is OCCCC1=C(F)CCC(Cl)=C1. The van der Waals surface area contributed by atoms with E-state index in [0.717, 1.165) is 0 Å². The maximum atomic E-state index is 13.0. The second kappa shape index (κ2) is 4.63. The lowest BCUT2D eigenvalue weighted by molar-refractivity contribution is 0.288. The minimum absolute atomic E-state index is 0.0761. The Kier molecular flexibility index (Phi) is 3.76. The lowest BCUT2D eigenvalue weighted by Crippen LogP contribution is -1.95. The highest BCUT2D eigenvalue weighted by atomic mass is 35.5. The lowest BCUT2D eigenvalue weighted by atomic mass is 10.0. The number of aliphatic hydroxyl groups excluding tert-OH is 1. The number of hydrogen-bond acceptors (Lipinski definition) is 1. The van der Waals surface area contributed by atoms with Crippen LogP contribution in [0.1, 0.15) is 25.7 Å². The molecular formula is C9H12ClFO. The van der Waals surface area contributed by atoms with E-state index in [4.69, 9.17) is 16.7 Å². The van der Waals surface area contributed by atoms with E-state index >= 15 is 0 Å². The van der Waals surface area contributed by atoms with Crippen LogP contribution in [0.2, 0.25) is 0 Å². The van der Waals surface area contributed by atoms with Gasteiger partial charge in [-0.2, -0.15) is 0 Å². The van der Waals surface area contributed by atoms with Gasteiger partial charge in [0.05, 0.1) is 0 Å². The number of allylic oxidation sites excluding steroid dienone is 4. The second-order valence-electron chi connectivity index (χ2n) is 2.85. The molecular weight excluding hydrogens is 179 g/mol. The van der Waals surface area contributed by atoms with Crippen molar-refractivity contribution in [1.29, 1.82) is 0 Å². The van der Waals surface area contributed by atoms with Gasteiger partial charge in [0.2, 0.25) is 0 Å². The molecule has 0 fully saturated rings. The fraction of sp³-hybridized carbons (Fsp3) is 0.556. The zero-order chi connectivity index (χ0) is 8.97. The summed E-state index contributed by atoms with van der Waals surface area (Å²) in [5.74, 6) is -0.0761. The molecule has 1 rings (SSSR count). The molecule has 1 aliphatic carbocycles. The van der Waals surface area contributed by atoms with Crippen LogP contribution in [-0.2, 0) is 0 Å². The van der Waals surface area contributed by atoms with Gasteiger partial charge in [-0.25, -0.2) is 4.39 Å². The van der Waals surface area contributed by atoms with E-state index in [0.29, 0.717) is 36.3 Å². The fourth-order valence-electron chi connectivity index (χ4n) is 1.21. The summed E-state index contributed by atoms with van der Waals surface area (Å²) in [4.78, 5) is 0. The van der Waals surface area contributed by atoms with E-state index in [2.05, 4.69) is 0 Å². The zero-order valence-electron chi connectivity index (χ0n) is 6.82. The summed E-state index contributed by atoms with van der Waals surface area (Å²) < 4.78 is 13.0. The first-order valence-corrected chi connectivity index (χ1v) is 4.46. The Labute approximate surface area is 76.5 Å². The van der Waals surface area contributed by atoms with Crippen molar-refractivity contribution < 1.29 is 9.50 Å². The van der Waals surface area contributed by atoms with Gasteiger partial charge in [-0.15, -0.1) is 0 Å². The Hall–Kier alpha value is -0.340. The smallest absolute Gasteiger partial charge is 0.103 e. The third-order valence-corrected chi connectivity index (χ3v) is 2.16. The van der Waals surface area contributed by atoms with Crippen LogP contribution in [0.3, 0.4) is 0 Å². The van der Waals surface area contributed by atoms with Gasteiger partial charge in [0, 0.05) is 18.1 Å². The van der Waals surface area contributed by atoms with Crippen LogP contribution in [0.5, 0.6) is 0 Å². The van der Waals surface area contributed by atoms with Crippen LogP contribution in [0.4, 0.5) is 4.39 Å². The number of rotatable bonds is 3. The standard InChI is InChI=1S/C9H12ClFO/c10-8-3-4-9(11)7(6-8)2-1-5-12/h6,12H,1-5H2. The average Bonchev–Trinajstić information content (AvgIpc) is 2.07. The van der Waals surface area contributed by atoms with Crippen molar-refractivity contribution in [3.05, 3.63) is 22.5 Å². The van der Waals surface area contributed by atoms with E-state index in [1.807, 2.05) is 0 Å². The molecule has 0 aliphatic heterocycles. The monoisotopic (exact) mass is 190 g/mol. The van der Waals surface area contributed by atoms with Crippen LogP contribution < -0.4 is 0 Å². The van der Waals surface area contributed by atoms with Gasteiger partial charge in [0.25, 0.3) is 0 Å². The van der Waals surface area contributed by atoms with Crippen LogP contribution >= 0.6 is 11.6 Å². The predicted molar refractivity (Wildman–Crippen MR) is 47.6 cm³/mol. The quantitative estimate of drug-likeness (QED) is 0.726. The normalized spacial score (nSPS) is 18.1.